The Morgan fingerprint density at radius 1 is 1.63 bits per heavy atom. The molecule has 0 spiro atoms. The molecular formula is C13H19FN2O3. The predicted molar refractivity (Wildman–Crippen MR) is 70.8 cm³/mol. The molecule has 1 aromatic carbocycles. The SMILES string of the molecule is COc1cc(NCC2(O)CCOC2C)c(N)cc1F. The summed E-state index contributed by atoms with van der Waals surface area (Å²) in [6.45, 7) is 2.64. The highest BCUT2D eigenvalue weighted by Gasteiger charge is 2.39. The van der Waals surface area contributed by atoms with E-state index in [9.17, 15) is 9.50 Å². The van der Waals surface area contributed by atoms with Gasteiger partial charge in [0.15, 0.2) is 11.6 Å². The van der Waals surface area contributed by atoms with Gasteiger partial charge in [0.25, 0.3) is 0 Å². The second-order valence-corrected chi connectivity index (χ2v) is 4.79. The van der Waals surface area contributed by atoms with Crippen LogP contribution in [0.25, 0.3) is 0 Å². The quantitative estimate of drug-likeness (QED) is 0.720. The van der Waals surface area contributed by atoms with Gasteiger partial charge in [-0.15, -0.1) is 0 Å². The summed E-state index contributed by atoms with van der Waals surface area (Å²) < 4.78 is 23.7. The Bertz CT molecular complexity index is 469. The molecule has 4 N–H and O–H groups in total. The third-order valence-corrected chi connectivity index (χ3v) is 3.57. The monoisotopic (exact) mass is 270 g/mol. The van der Waals surface area contributed by atoms with Gasteiger partial charge >= 0.3 is 0 Å². The van der Waals surface area contributed by atoms with Gasteiger partial charge in [-0.2, -0.15) is 0 Å². The lowest BCUT2D eigenvalue weighted by molar-refractivity contribution is -0.0175. The summed E-state index contributed by atoms with van der Waals surface area (Å²) in [7, 11) is 1.39. The second-order valence-electron chi connectivity index (χ2n) is 4.79. The van der Waals surface area contributed by atoms with Gasteiger partial charge in [-0.1, -0.05) is 0 Å². The zero-order valence-electron chi connectivity index (χ0n) is 11.1. The second kappa shape index (κ2) is 5.22. The topological polar surface area (TPSA) is 76.7 Å². The first-order valence-electron chi connectivity index (χ1n) is 6.17. The number of nitrogens with one attached hydrogen (secondary N) is 1. The number of aliphatic hydroxyl groups is 1. The largest absolute Gasteiger partial charge is 0.494 e. The van der Waals surface area contributed by atoms with Crippen LogP contribution in [-0.2, 0) is 4.74 Å². The fourth-order valence-corrected chi connectivity index (χ4v) is 2.13. The number of methoxy groups -OCH3 is 1. The van der Waals surface area contributed by atoms with Crippen molar-refractivity contribution in [2.24, 2.45) is 0 Å². The number of hydrogen-bond acceptors (Lipinski definition) is 5. The maximum absolute atomic E-state index is 13.4. The molecular weight excluding hydrogens is 251 g/mol. The van der Waals surface area contributed by atoms with Crippen LogP contribution < -0.4 is 15.8 Å². The molecule has 6 heteroatoms. The number of rotatable bonds is 4. The van der Waals surface area contributed by atoms with Crippen LogP contribution in [-0.4, -0.2) is 37.1 Å². The van der Waals surface area contributed by atoms with Crippen LogP contribution in [0.2, 0.25) is 0 Å². The number of nitrogen functional groups attached to an aromatic ring is 1. The minimum Gasteiger partial charge on any atom is -0.494 e. The van der Waals surface area contributed by atoms with Gasteiger partial charge in [-0.3, -0.25) is 0 Å². The molecule has 19 heavy (non-hydrogen) atoms. The summed E-state index contributed by atoms with van der Waals surface area (Å²) in [5.41, 5.74) is 5.60. The molecule has 0 amide bonds. The maximum Gasteiger partial charge on any atom is 0.167 e. The highest BCUT2D eigenvalue weighted by atomic mass is 19.1. The standard InChI is InChI=1S/C13H19FN2O3/c1-8-13(17,3-4-19-8)7-16-11-6-12(18-2)9(14)5-10(11)15/h5-6,8,16-17H,3-4,7,15H2,1-2H3. The highest BCUT2D eigenvalue weighted by molar-refractivity contribution is 5.68. The molecule has 5 nitrogen and oxygen atoms in total. The first kappa shape index (κ1) is 13.9. The zero-order chi connectivity index (χ0) is 14.0. The van der Waals surface area contributed by atoms with E-state index in [-0.39, 0.29) is 24.1 Å². The lowest BCUT2D eigenvalue weighted by Crippen LogP contribution is -2.43. The third kappa shape index (κ3) is 2.74. The molecule has 0 radical (unpaired) electrons. The number of nitrogens with two attached hydrogens (primary N) is 1. The van der Waals surface area contributed by atoms with Crippen LogP contribution in [0.1, 0.15) is 13.3 Å². The fraction of sp³-hybridized carbons (Fsp3) is 0.538. The summed E-state index contributed by atoms with van der Waals surface area (Å²) >= 11 is 0. The van der Waals surface area contributed by atoms with Crippen LogP contribution in [0, 0.1) is 5.82 Å². The van der Waals surface area contributed by atoms with Crippen molar-refractivity contribution in [2.75, 3.05) is 31.3 Å². The van der Waals surface area contributed by atoms with Crippen LogP contribution in [0.4, 0.5) is 15.8 Å². The molecule has 0 saturated carbocycles. The molecule has 1 aliphatic rings. The van der Waals surface area contributed by atoms with E-state index in [1.807, 2.05) is 6.92 Å². The summed E-state index contributed by atoms with van der Waals surface area (Å²) in [6, 6.07) is 2.67. The highest BCUT2D eigenvalue weighted by Crippen LogP contribution is 2.30. The van der Waals surface area contributed by atoms with Crippen molar-refractivity contribution in [1.29, 1.82) is 0 Å². The average Bonchev–Trinajstić information content (AvgIpc) is 2.69. The van der Waals surface area contributed by atoms with E-state index in [0.29, 0.717) is 18.7 Å². The van der Waals surface area contributed by atoms with Crippen molar-refractivity contribution in [3.63, 3.8) is 0 Å². The first-order chi connectivity index (χ1) is 8.96. The molecule has 1 fully saturated rings. The summed E-state index contributed by atoms with van der Waals surface area (Å²) in [4.78, 5) is 0. The van der Waals surface area contributed by atoms with Crippen molar-refractivity contribution in [1.82, 2.24) is 0 Å². The zero-order valence-corrected chi connectivity index (χ0v) is 11.1. The van der Waals surface area contributed by atoms with E-state index in [2.05, 4.69) is 5.32 Å². The molecule has 2 atom stereocenters. The Morgan fingerprint density at radius 3 is 2.95 bits per heavy atom. The number of ether oxygens (including phenoxy) is 2. The predicted octanol–water partition coefficient (Wildman–Crippen LogP) is 1.37. The lowest BCUT2D eigenvalue weighted by atomic mass is 9.96. The van der Waals surface area contributed by atoms with Crippen molar-refractivity contribution >= 4 is 11.4 Å². The minimum absolute atomic E-state index is 0.111. The summed E-state index contributed by atoms with van der Waals surface area (Å²) in [5.74, 6) is -0.402. The normalized spacial score (nSPS) is 26.4. The van der Waals surface area contributed by atoms with Crippen LogP contribution >= 0.6 is 0 Å². The Kier molecular flexibility index (Phi) is 3.82. The van der Waals surface area contributed by atoms with Crippen molar-refractivity contribution in [3.8, 4) is 5.75 Å². The van der Waals surface area contributed by atoms with E-state index in [0.717, 1.165) is 0 Å². The van der Waals surface area contributed by atoms with Gasteiger partial charge in [0.05, 0.1) is 24.6 Å². The van der Waals surface area contributed by atoms with E-state index >= 15 is 0 Å². The van der Waals surface area contributed by atoms with E-state index in [4.69, 9.17) is 15.2 Å². The molecule has 0 aromatic heterocycles. The first-order valence-corrected chi connectivity index (χ1v) is 6.17. The molecule has 0 aliphatic carbocycles. The number of benzene rings is 1. The Labute approximate surface area is 111 Å². The molecule has 1 aromatic rings. The van der Waals surface area contributed by atoms with E-state index in [1.165, 1.54) is 19.2 Å². The average molecular weight is 270 g/mol. The number of halogens is 1. The third-order valence-electron chi connectivity index (χ3n) is 3.57. The van der Waals surface area contributed by atoms with E-state index < -0.39 is 11.4 Å². The minimum atomic E-state index is -0.936. The molecule has 1 saturated heterocycles. The molecule has 1 heterocycles. The van der Waals surface area contributed by atoms with Crippen LogP contribution in [0.15, 0.2) is 12.1 Å². The number of anilines is 2. The maximum atomic E-state index is 13.4. The molecule has 0 bridgehead atoms. The Balaban J connectivity index is 2.11. The van der Waals surface area contributed by atoms with Gasteiger partial charge in [0, 0.05) is 31.7 Å². The number of hydrogen-bond donors (Lipinski definition) is 3. The summed E-state index contributed by atoms with van der Waals surface area (Å²) in [6.07, 6.45) is 0.308. The van der Waals surface area contributed by atoms with Crippen molar-refractivity contribution in [3.05, 3.63) is 17.9 Å². The smallest absolute Gasteiger partial charge is 0.167 e. The lowest BCUT2D eigenvalue weighted by Gasteiger charge is -2.27. The van der Waals surface area contributed by atoms with Gasteiger partial charge in [0.1, 0.15) is 5.60 Å². The fourth-order valence-electron chi connectivity index (χ4n) is 2.13. The van der Waals surface area contributed by atoms with Gasteiger partial charge in [-0.25, -0.2) is 4.39 Å². The molecule has 2 unspecified atom stereocenters. The molecule has 2 rings (SSSR count). The van der Waals surface area contributed by atoms with Crippen LogP contribution in [0.3, 0.4) is 0 Å². The molecule has 106 valence electrons. The van der Waals surface area contributed by atoms with Crippen molar-refractivity contribution in [2.45, 2.75) is 25.0 Å². The van der Waals surface area contributed by atoms with Gasteiger partial charge < -0.3 is 25.6 Å². The van der Waals surface area contributed by atoms with Gasteiger partial charge in [-0.05, 0) is 6.92 Å². The van der Waals surface area contributed by atoms with E-state index in [1.54, 1.807) is 0 Å². The van der Waals surface area contributed by atoms with Crippen molar-refractivity contribution < 1.29 is 19.0 Å². The van der Waals surface area contributed by atoms with Crippen LogP contribution in [0.5, 0.6) is 5.75 Å². The molecule has 1 aliphatic heterocycles. The Hall–Kier alpha value is -1.53. The summed E-state index contributed by atoms with van der Waals surface area (Å²) in [5, 5.41) is 13.4. The Morgan fingerprint density at radius 2 is 2.37 bits per heavy atom. The van der Waals surface area contributed by atoms with Gasteiger partial charge in [0.2, 0.25) is 0 Å².